The van der Waals surface area contributed by atoms with Crippen molar-refractivity contribution in [2.24, 2.45) is 7.05 Å². The third-order valence-electron chi connectivity index (χ3n) is 4.58. The molecule has 1 heterocycles. The summed E-state index contributed by atoms with van der Waals surface area (Å²) >= 11 is 0. The molecule has 2 unspecified atom stereocenters. The number of aryl methyl sites for hydroxylation is 2. The Morgan fingerprint density at radius 3 is 2.88 bits per heavy atom. The second kappa shape index (κ2) is 7.82. The molecule has 1 amide bonds. The van der Waals surface area contributed by atoms with E-state index in [0.717, 1.165) is 36.0 Å². The molecular weight excluding hydrogens is 342 g/mol. The Labute approximate surface area is 150 Å². The van der Waals surface area contributed by atoms with Gasteiger partial charge in [0.05, 0.1) is 12.2 Å². The van der Waals surface area contributed by atoms with Crippen molar-refractivity contribution < 1.29 is 18.3 Å². The molecule has 1 aromatic carbocycles. The lowest BCUT2D eigenvalue weighted by Gasteiger charge is -2.28. The summed E-state index contributed by atoms with van der Waals surface area (Å²) in [4.78, 5) is 12.7. The number of fused-ring (bicyclic) bond motifs is 1. The fourth-order valence-corrected chi connectivity index (χ4v) is 3.41. The molecule has 1 aliphatic carbocycles. The van der Waals surface area contributed by atoms with Gasteiger partial charge in [-0.2, -0.15) is 13.9 Å². The zero-order valence-electron chi connectivity index (χ0n) is 14.7. The molecule has 2 atom stereocenters. The molecule has 3 rings (SSSR count). The summed E-state index contributed by atoms with van der Waals surface area (Å²) in [5, 5.41) is 10.2. The highest BCUT2D eigenvalue weighted by Gasteiger charge is 2.27. The fourth-order valence-electron chi connectivity index (χ4n) is 3.41. The topological polar surface area (TPSA) is 68.2 Å². The first-order valence-electron chi connectivity index (χ1n) is 8.51. The van der Waals surface area contributed by atoms with Crippen molar-refractivity contribution in [3.8, 4) is 5.75 Å². The van der Waals surface area contributed by atoms with E-state index in [2.05, 4.69) is 20.5 Å². The number of ether oxygens (including phenoxy) is 1. The summed E-state index contributed by atoms with van der Waals surface area (Å²) in [5.74, 6) is 0.000412. The van der Waals surface area contributed by atoms with E-state index in [1.165, 1.54) is 6.07 Å². The molecule has 2 aromatic rings. The fraction of sp³-hybridized carbons (Fsp3) is 0.444. The Bertz CT molecular complexity index is 778. The predicted molar refractivity (Wildman–Crippen MR) is 91.9 cm³/mol. The number of halogens is 2. The largest absolute Gasteiger partial charge is 0.435 e. The normalized spacial score (nSPS) is 17.7. The lowest BCUT2D eigenvalue weighted by molar-refractivity contribution is -0.124. The molecular formula is C18H22F2N4O2. The number of benzene rings is 1. The molecule has 0 radical (unpaired) electrons. The number of carbonyl (C=O) groups excluding carboxylic acids is 1. The highest BCUT2D eigenvalue weighted by molar-refractivity contribution is 5.83. The molecule has 6 nitrogen and oxygen atoms in total. The number of rotatable bonds is 6. The molecule has 0 spiro atoms. The summed E-state index contributed by atoms with van der Waals surface area (Å²) in [6.45, 7) is -2.84. The zero-order chi connectivity index (χ0) is 18.7. The zero-order valence-corrected chi connectivity index (χ0v) is 14.7. The number of amides is 1. The minimum atomic E-state index is -2.84. The minimum Gasteiger partial charge on any atom is -0.435 e. The Hall–Kier alpha value is -2.48. The summed E-state index contributed by atoms with van der Waals surface area (Å²) < 4.78 is 30.9. The summed E-state index contributed by atoms with van der Waals surface area (Å²) in [5.41, 5.74) is 2.67. The van der Waals surface area contributed by atoms with Crippen molar-refractivity contribution >= 4 is 5.91 Å². The Balaban J connectivity index is 1.75. The number of hydrogen-bond donors (Lipinski definition) is 2. The van der Waals surface area contributed by atoms with Crippen LogP contribution in [0, 0.1) is 0 Å². The van der Waals surface area contributed by atoms with E-state index >= 15 is 0 Å². The number of aromatic nitrogens is 2. The van der Waals surface area contributed by atoms with Gasteiger partial charge in [-0.1, -0.05) is 6.07 Å². The van der Waals surface area contributed by atoms with Crippen LogP contribution in [0.3, 0.4) is 0 Å². The SMILES string of the molecule is CNC(C(=O)NC1CCCc2cc(OC(F)F)ccc21)c1cnn(C)c1. The molecule has 2 N–H and O–H groups in total. The lowest BCUT2D eigenvalue weighted by atomic mass is 9.87. The van der Waals surface area contributed by atoms with Gasteiger partial charge in [0.15, 0.2) is 0 Å². The molecule has 0 saturated carbocycles. The van der Waals surface area contributed by atoms with Crippen LogP contribution in [-0.4, -0.2) is 29.3 Å². The number of hydrogen-bond acceptors (Lipinski definition) is 4. The average Bonchev–Trinajstić information content (AvgIpc) is 3.01. The third kappa shape index (κ3) is 4.01. The first kappa shape index (κ1) is 18.3. The minimum absolute atomic E-state index is 0.147. The van der Waals surface area contributed by atoms with E-state index in [-0.39, 0.29) is 17.7 Å². The van der Waals surface area contributed by atoms with E-state index in [4.69, 9.17) is 0 Å². The molecule has 0 fully saturated rings. The summed E-state index contributed by atoms with van der Waals surface area (Å²) in [6, 6.07) is 4.26. The van der Waals surface area contributed by atoms with E-state index in [1.54, 1.807) is 43.3 Å². The third-order valence-corrected chi connectivity index (χ3v) is 4.58. The van der Waals surface area contributed by atoms with E-state index in [0.29, 0.717) is 0 Å². The standard InChI is InChI=1S/C18H22F2N4O2/c1-21-16(12-9-22-24(2)10-12)17(25)23-15-5-3-4-11-8-13(26-18(19)20)6-7-14(11)15/h6-10,15-16,18,21H,3-5H2,1-2H3,(H,23,25). The van der Waals surface area contributed by atoms with Crippen molar-refractivity contribution in [1.82, 2.24) is 20.4 Å². The predicted octanol–water partition coefficient (Wildman–Crippen LogP) is 2.48. The van der Waals surface area contributed by atoms with Gasteiger partial charge in [0.2, 0.25) is 5.91 Å². The smallest absolute Gasteiger partial charge is 0.387 e. The number of nitrogens with zero attached hydrogens (tertiary/aromatic N) is 2. The van der Waals surface area contributed by atoms with Gasteiger partial charge < -0.3 is 15.4 Å². The Morgan fingerprint density at radius 2 is 2.23 bits per heavy atom. The highest BCUT2D eigenvalue weighted by atomic mass is 19.3. The number of nitrogens with one attached hydrogen (secondary N) is 2. The molecule has 0 aliphatic heterocycles. The van der Waals surface area contributed by atoms with E-state index in [9.17, 15) is 13.6 Å². The first-order valence-corrected chi connectivity index (χ1v) is 8.51. The van der Waals surface area contributed by atoms with E-state index < -0.39 is 12.7 Å². The van der Waals surface area contributed by atoms with Gasteiger partial charge in [-0.05, 0) is 49.6 Å². The average molecular weight is 364 g/mol. The van der Waals surface area contributed by atoms with Gasteiger partial charge in [0.25, 0.3) is 0 Å². The molecule has 140 valence electrons. The van der Waals surface area contributed by atoms with Gasteiger partial charge in [0.1, 0.15) is 11.8 Å². The maximum atomic E-state index is 12.7. The summed E-state index contributed by atoms with van der Waals surface area (Å²) in [7, 11) is 3.52. The van der Waals surface area contributed by atoms with Crippen LogP contribution >= 0.6 is 0 Å². The van der Waals surface area contributed by atoms with Crippen LogP contribution < -0.4 is 15.4 Å². The number of carbonyl (C=O) groups is 1. The van der Waals surface area contributed by atoms with Crippen LogP contribution in [-0.2, 0) is 18.3 Å². The molecule has 0 saturated heterocycles. The molecule has 1 aliphatic rings. The van der Waals surface area contributed by atoms with Crippen molar-refractivity contribution in [2.75, 3.05) is 7.05 Å². The van der Waals surface area contributed by atoms with Crippen molar-refractivity contribution in [3.63, 3.8) is 0 Å². The Kier molecular flexibility index (Phi) is 5.51. The summed E-state index contributed by atoms with van der Waals surface area (Å²) in [6.07, 6.45) is 5.90. The second-order valence-electron chi connectivity index (χ2n) is 6.36. The van der Waals surface area contributed by atoms with Crippen LogP contribution in [0.4, 0.5) is 8.78 Å². The monoisotopic (exact) mass is 364 g/mol. The first-order chi connectivity index (χ1) is 12.5. The Morgan fingerprint density at radius 1 is 1.42 bits per heavy atom. The number of likely N-dealkylation sites (N-methyl/N-ethyl adjacent to an activating group) is 1. The van der Waals surface area contributed by atoms with Crippen molar-refractivity contribution in [3.05, 3.63) is 47.3 Å². The van der Waals surface area contributed by atoms with Crippen LogP contribution in [0.2, 0.25) is 0 Å². The van der Waals surface area contributed by atoms with Gasteiger partial charge in [-0.15, -0.1) is 0 Å². The van der Waals surface area contributed by atoms with Crippen LogP contribution in [0.25, 0.3) is 0 Å². The highest BCUT2D eigenvalue weighted by Crippen LogP contribution is 2.33. The molecule has 26 heavy (non-hydrogen) atoms. The molecule has 8 heteroatoms. The second-order valence-corrected chi connectivity index (χ2v) is 6.36. The van der Waals surface area contributed by atoms with Gasteiger partial charge >= 0.3 is 6.61 Å². The van der Waals surface area contributed by atoms with E-state index in [1.807, 2.05) is 0 Å². The molecule has 0 bridgehead atoms. The maximum absolute atomic E-state index is 12.7. The van der Waals surface area contributed by atoms with Gasteiger partial charge in [0, 0.05) is 18.8 Å². The number of alkyl halides is 2. The van der Waals surface area contributed by atoms with Crippen LogP contribution in [0.5, 0.6) is 5.75 Å². The van der Waals surface area contributed by atoms with Crippen molar-refractivity contribution in [2.45, 2.75) is 38.0 Å². The van der Waals surface area contributed by atoms with Gasteiger partial charge in [-0.3, -0.25) is 9.48 Å². The molecule has 1 aromatic heterocycles. The van der Waals surface area contributed by atoms with Crippen molar-refractivity contribution in [1.29, 1.82) is 0 Å². The van der Waals surface area contributed by atoms with Crippen LogP contribution in [0.15, 0.2) is 30.6 Å². The van der Waals surface area contributed by atoms with Crippen LogP contribution in [0.1, 0.15) is 41.6 Å². The van der Waals surface area contributed by atoms with Gasteiger partial charge in [-0.25, -0.2) is 0 Å². The maximum Gasteiger partial charge on any atom is 0.387 e. The quantitative estimate of drug-likeness (QED) is 0.826. The lowest BCUT2D eigenvalue weighted by Crippen LogP contribution is -2.39.